The molecule has 0 saturated carbocycles. The number of halogens is 2. The van der Waals surface area contributed by atoms with Gasteiger partial charge in [0.25, 0.3) is 0 Å². The van der Waals surface area contributed by atoms with Crippen LogP contribution in [0.25, 0.3) is 10.9 Å². The third-order valence-corrected chi connectivity index (χ3v) is 3.33. The molecule has 0 aliphatic rings. The highest BCUT2D eigenvalue weighted by atomic mass is 19.1. The second-order valence-electron chi connectivity index (χ2n) is 4.60. The fourth-order valence-electron chi connectivity index (χ4n) is 2.37. The molecule has 0 radical (unpaired) electrons. The summed E-state index contributed by atoms with van der Waals surface area (Å²) >= 11 is 0. The van der Waals surface area contributed by atoms with E-state index in [1.807, 2.05) is 12.1 Å². The van der Waals surface area contributed by atoms with Gasteiger partial charge in [0.15, 0.2) is 0 Å². The highest BCUT2D eigenvalue weighted by Gasteiger charge is 2.21. The van der Waals surface area contributed by atoms with Gasteiger partial charge in [-0.15, -0.1) is 0 Å². The van der Waals surface area contributed by atoms with E-state index >= 15 is 0 Å². The third kappa shape index (κ3) is 1.81. The molecular formula is C16H11F2NO. The minimum atomic E-state index is -0.845. The summed E-state index contributed by atoms with van der Waals surface area (Å²) < 4.78 is 29.2. The lowest BCUT2D eigenvalue weighted by Crippen LogP contribution is -2.07. The maximum Gasteiger partial charge on any atom is 0.201 e. The molecule has 0 bridgehead atoms. The Labute approximate surface area is 114 Å². The van der Waals surface area contributed by atoms with E-state index in [2.05, 4.69) is 0 Å². The molecule has 0 aliphatic carbocycles. The maximum absolute atomic E-state index is 13.7. The molecule has 1 heterocycles. The van der Waals surface area contributed by atoms with Crippen LogP contribution in [0.1, 0.15) is 15.9 Å². The molecular weight excluding hydrogens is 260 g/mol. The van der Waals surface area contributed by atoms with Crippen molar-refractivity contribution in [3.05, 3.63) is 71.4 Å². The standard InChI is InChI=1S/C16H11F2NO/c1-19-9-11(10-5-2-3-8-14(10)19)16(20)15-12(17)6-4-7-13(15)18/h2-9H,1H3. The van der Waals surface area contributed by atoms with Crippen LogP contribution in [0, 0.1) is 11.6 Å². The molecule has 2 nitrogen and oxygen atoms in total. The topological polar surface area (TPSA) is 22.0 Å². The van der Waals surface area contributed by atoms with E-state index in [0.717, 1.165) is 17.6 Å². The largest absolute Gasteiger partial charge is 0.350 e. The average molecular weight is 271 g/mol. The summed E-state index contributed by atoms with van der Waals surface area (Å²) in [5.74, 6) is -2.33. The lowest BCUT2D eigenvalue weighted by Gasteiger charge is -2.03. The van der Waals surface area contributed by atoms with Crippen molar-refractivity contribution in [1.29, 1.82) is 0 Å². The molecule has 0 fully saturated rings. The summed E-state index contributed by atoms with van der Waals surface area (Å²) in [5, 5.41) is 0.683. The SMILES string of the molecule is Cn1cc(C(=O)c2c(F)cccc2F)c2ccccc21. The molecule has 4 heteroatoms. The summed E-state index contributed by atoms with van der Waals surface area (Å²) in [6.07, 6.45) is 1.60. The van der Waals surface area contributed by atoms with Crippen LogP contribution in [0.4, 0.5) is 8.78 Å². The van der Waals surface area contributed by atoms with Gasteiger partial charge in [-0.25, -0.2) is 8.78 Å². The number of benzene rings is 2. The molecule has 20 heavy (non-hydrogen) atoms. The lowest BCUT2D eigenvalue weighted by molar-refractivity contribution is 0.103. The van der Waals surface area contributed by atoms with Gasteiger partial charge in [-0.05, 0) is 18.2 Å². The number of carbonyl (C=O) groups is 1. The van der Waals surface area contributed by atoms with Crippen molar-refractivity contribution in [3.63, 3.8) is 0 Å². The van der Waals surface area contributed by atoms with E-state index in [9.17, 15) is 13.6 Å². The van der Waals surface area contributed by atoms with E-state index in [-0.39, 0.29) is 0 Å². The smallest absolute Gasteiger partial charge is 0.201 e. The van der Waals surface area contributed by atoms with E-state index in [4.69, 9.17) is 0 Å². The number of hydrogen-bond acceptors (Lipinski definition) is 1. The van der Waals surface area contributed by atoms with Crippen LogP contribution in [0.5, 0.6) is 0 Å². The van der Waals surface area contributed by atoms with Crippen molar-refractivity contribution >= 4 is 16.7 Å². The Morgan fingerprint density at radius 1 is 1.00 bits per heavy atom. The predicted octanol–water partition coefficient (Wildman–Crippen LogP) is 3.69. The zero-order chi connectivity index (χ0) is 14.3. The minimum absolute atomic E-state index is 0.298. The number of fused-ring (bicyclic) bond motifs is 1. The van der Waals surface area contributed by atoms with Crippen LogP contribution in [0.15, 0.2) is 48.7 Å². The Morgan fingerprint density at radius 3 is 2.35 bits per heavy atom. The Kier molecular flexibility index (Phi) is 2.86. The number of rotatable bonds is 2. The van der Waals surface area contributed by atoms with E-state index in [0.29, 0.717) is 10.9 Å². The minimum Gasteiger partial charge on any atom is -0.350 e. The number of aryl methyl sites for hydroxylation is 1. The van der Waals surface area contributed by atoms with Gasteiger partial charge in [0.1, 0.15) is 11.6 Å². The quantitative estimate of drug-likeness (QED) is 0.651. The summed E-state index contributed by atoms with van der Waals surface area (Å²) in [5.41, 5.74) is 0.628. The molecule has 0 unspecified atom stereocenters. The number of carbonyl (C=O) groups excluding carboxylic acids is 1. The van der Waals surface area contributed by atoms with Crippen molar-refractivity contribution in [1.82, 2.24) is 4.57 Å². The summed E-state index contributed by atoms with van der Waals surface area (Å²) in [6, 6.07) is 10.7. The highest BCUT2D eigenvalue weighted by Crippen LogP contribution is 2.25. The first-order chi connectivity index (χ1) is 9.59. The molecule has 0 N–H and O–H groups in total. The first kappa shape index (κ1) is 12.5. The number of aromatic nitrogens is 1. The molecule has 0 saturated heterocycles. The second kappa shape index (κ2) is 4.56. The lowest BCUT2D eigenvalue weighted by atomic mass is 10.0. The van der Waals surface area contributed by atoms with E-state index in [1.54, 1.807) is 29.9 Å². The first-order valence-corrected chi connectivity index (χ1v) is 6.12. The molecule has 0 aliphatic heterocycles. The molecule has 0 spiro atoms. The monoisotopic (exact) mass is 271 g/mol. The van der Waals surface area contributed by atoms with Gasteiger partial charge in [-0.1, -0.05) is 24.3 Å². The number of nitrogens with zero attached hydrogens (tertiary/aromatic N) is 1. The number of para-hydroxylation sites is 1. The van der Waals surface area contributed by atoms with E-state index < -0.39 is 23.0 Å². The van der Waals surface area contributed by atoms with Gasteiger partial charge in [0.2, 0.25) is 5.78 Å². The zero-order valence-electron chi connectivity index (χ0n) is 10.7. The fourth-order valence-corrected chi connectivity index (χ4v) is 2.37. The van der Waals surface area contributed by atoms with Crippen molar-refractivity contribution in [2.24, 2.45) is 7.05 Å². The molecule has 0 amide bonds. The Bertz CT molecular complexity index is 800. The molecule has 3 rings (SSSR count). The predicted molar refractivity (Wildman–Crippen MR) is 72.7 cm³/mol. The van der Waals surface area contributed by atoms with Crippen LogP contribution in [0.2, 0.25) is 0 Å². The molecule has 0 atom stereocenters. The Hall–Kier alpha value is -2.49. The van der Waals surface area contributed by atoms with Gasteiger partial charge in [0, 0.05) is 29.7 Å². The van der Waals surface area contributed by atoms with Gasteiger partial charge in [-0.3, -0.25) is 4.79 Å². The van der Waals surface area contributed by atoms with Gasteiger partial charge < -0.3 is 4.57 Å². The maximum atomic E-state index is 13.7. The second-order valence-corrected chi connectivity index (χ2v) is 4.60. The van der Waals surface area contributed by atoms with Gasteiger partial charge in [0.05, 0.1) is 5.56 Å². The van der Waals surface area contributed by atoms with Crippen molar-refractivity contribution in [2.75, 3.05) is 0 Å². The number of ketones is 1. The summed E-state index contributed by atoms with van der Waals surface area (Å²) in [7, 11) is 1.79. The Balaban J connectivity index is 2.24. The zero-order valence-corrected chi connectivity index (χ0v) is 10.7. The fraction of sp³-hybridized carbons (Fsp3) is 0.0625. The van der Waals surface area contributed by atoms with Crippen LogP contribution in [-0.2, 0) is 7.05 Å². The third-order valence-electron chi connectivity index (χ3n) is 3.33. The van der Waals surface area contributed by atoms with Crippen LogP contribution >= 0.6 is 0 Å². The average Bonchev–Trinajstić information content (AvgIpc) is 2.76. The van der Waals surface area contributed by atoms with E-state index in [1.165, 1.54) is 6.07 Å². The van der Waals surface area contributed by atoms with Gasteiger partial charge >= 0.3 is 0 Å². The first-order valence-electron chi connectivity index (χ1n) is 6.12. The molecule has 3 aromatic rings. The summed E-state index contributed by atoms with van der Waals surface area (Å²) in [6.45, 7) is 0. The molecule has 1 aromatic heterocycles. The van der Waals surface area contributed by atoms with Crippen LogP contribution < -0.4 is 0 Å². The number of hydrogen-bond donors (Lipinski definition) is 0. The van der Waals surface area contributed by atoms with Crippen molar-refractivity contribution < 1.29 is 13.6 Å². The summed E-state index contributed by atoms with van der Waals surface area (Å²) in [4.78, 5) is 12.4. The van der Waals surface area contributed by atoms with Gasteiger partial charge in [-0.2, -0.15) is 0 Å². The highest BCUT2D eigenvalue weighted by molar-refractivity contribution is 6.16. The van der Waals surface area contributed by atoms with Crippen LogP contribution in [-0.4, -0.2) is 10.4 Å². The Morgan fingerprint density at radius 2 is 1.65 bits per heavy atom. The molecule has 2 aromatic carbocycles. The van der Waals surface area contributed by atoms with Crippen molar-refractivity contribution in [3.8, 4) is 0 Å². The molecule has 100 valence electrons. The van der Waals surface area contributed by atoms with Crippen LogP contribution in [0.3, 0.4) is 0 Å². The normalized spacial score (nSPS) is 10.9. The van der Waals surface area contributed by atoms with Crippen molar-refractivity contribution in [2.45, 2.75) is 0 Å².